The molecule has 3 rings (SSSR count). The van der Waals surface area contributed by atoms with E-state index in [-0.39, 0.29) is 29.4 Å². The highest BCUT2D eigenvalue weighted by molar-refractivity contribution is 5.88. The number of nitrogens with one attached hydrogen (secondary N) is 1. The van der Waals surface area contributed by atoms with Gasteiger partial charge in [-0.1, -0.05) is 25.9 Å². The molecule has 2 aliphatic rings. The topological polar surface area (TPSA) is 87.9 Å². The number of nitrogens with zero attached hydrogens (tertiary/aromatic N) is 3. The Hall–Kier alpha value is -2.09. The molecular weight excluding hydrogens is 372 g/mol. The Bertz CT molecular complexity index is 704. The summed E-state index contributed by atoms with van der Waals surface area (Å²) in [6, 6.07) is 1.57. The molecule has 8 nitrogen and oxygen atoms in total. The number of carbonyl (C=O) groups is 2. The summed E-state index contributed by atoms with van der Waals surface area (Å²) >= 11 is 0. The van der Waals surface area contributed by atoms with Crippen molar-refractivity contribution >= 4 is 17.8 Å². The molecule has 0 spiro atoms. The number of rotatable bonds is 3. The third kappa shape index (κ3) is 5.50. The fourth-order valence-corrected chi connectivity index (χ4v) is 4.02. The van der Waals surface area contributed by atoms with Crippen LogP contribution in [0.25, 0.3) is 0 Å². The first-order chi connectivity index (χ1) is 13.8. The zero-order valence-corrected chi connectivity index (χ0v) is 18.1. The van der Waals surface area contributed by atoms with Crippen molar-refractivity contribution in [2.75, 3.05) is 38.6 Å². The molecule has 0 bridgehead atoms. The Morgan fingerprint density at radius 1 is 1.10 bits per heavy atom. The number of urea groups is 1. The lowest BCUT2D eigenvalue weighted by molar-refractivity contribution is -0.137. The van der Waals surface area contributed by atoms with E-state index in [1.807, 2.05) is 25.7 Å². The van der Waals surface area contributed by atoms with Crippen molar-refractivity contribution in [2.45, 2.75) is 64.4 Å². The van der Waals surface area contributed by atoms with Crippen molar-refractivity contribution in [1.29, 1.82) is 0 Å². The smallest absolute Gasteiger partial charge is 0.323 e. The Balaban J connectivity index is 1.51. The van der Waals surface area contributed by atoms with Crippen molar-refractivity contribution in [1.82, 2.24) is 15.0 Å². The van der Waals surface area contributed by atoms with Gasteiger partial charge in [0.2, 0.25) is 5.91 Å². The summed E-state index contributed by atoms with van der Waals surface area (Å²) in [7, 11) is 1.74. The first kappa shape index (κ1) is 21.6. The van der Waals surface area contributed by atoms with Gasteiger partial charge < -0.3 is 19.1 Å². The second-order valence-corrected chi connectivity index (χ2v) is 9.13. The molecule has 0 atom stereocenters. The molecular formula is C21H34N4O4. The van der Waals surface area contributed by atoms with Crippen LogP contribution in [0.15, 0.2) is 10.6 Å². The number of amides is 3. The highest BCUT2D eigenvalue weighted by Gasteiger charge is 2.31. The summed E-state index contributed by atoms with van der Waals surface area (Å²) in [5.74, 6) is 1.47. The lowest BCUT2D eigenvalue weighted by Crippen LogP contribution is -2.42. The van der Waals surface area contributed by atoms with Gasteiger partial charge in [-0.15, -0.1) is 0 Å². The van der Waals surface area contributed by atoms with Crippen molar-refractivity contribution < 1.29 is 18.8 Å². The number of hydrogen-bond donors (Lipinski definition) is 1. The van der Waals surface area contributed by atoms with E-state index in [9.17, 15) is 9.59 Å². The number of carbonyl (C=O) groups excluding carboxylic acids is 2. The van der Waals surface area contributed by atoms with Gasteiger partial charge in [-0.3, -0.25) is 10.1 Å². The van der Waals surface area contributed by atoms with Gasteiger partial charge in [0.1, 0.15) is 5.76 Å². The molecule has 1 aromatic rings. The van der Waals surface area contributed by atoms with Gasteiger partial charge in [-0.2, -0.15) is 0 Å². The Labute approximate surface area is 172 Å². The lowest BCUT2D eigenvalue weighted by atomic mass is 9.86. The summed E-state index contributed by atoms with van der Waals surface area (Å²) in [5.41, 5.74) is -0.165. The molecule has 1 saturated carbocycles. The minimum atomic E-state index is -0.200. The Morgan fingerprint density at radius 3 is 2.38 bits per heavy atom. The predicted octanol–water partition coefficient (Wildman–Crippen LogP) is 3.24. The molecule has 0 aromatic carbocycles. The first-order valence-corrected chi connectivity index (χ1v) is 10.6. The zero-order chi connectivity index (χ0) is 21.0. The van der Waals surface area contributed by atoms with Crippen LogP contribution < -0.4 is 5.32 Å². The van der Waals surface area contributed by atoms with Gasteiger partial charge in [0.05, 0.1) is 6.10 Å². The second-order valence-electron chi connectivity index (χ2n) is 9.13. The Morgan fingerprint density at radius 2 is 1.76 bits per heavy atom. The maximum absolute atomic E-state index is 12.9. The highest BCUT2D eigenvalue weighted by atomic mass is 16.5. The molecule has 8 heteroatoms. The summed E-state index contributed by atoms with van der Waals surface area (Å²) in [6.07, 6.45) is 4.74. The quantitative estimate of drug-likeness (QED) is 0.832. The van der Waals surface area contributed by atoms with Crippen LogP contribution in [0, 0.1) is 5.92 Å². The maximum Gasteiger partial charge on any atom is 0.323 e. The minimum absolute atomic E-state index is 0.0905. The standard InChI is InChI=1S/C21H34N4O4/c1-21(2,3)17-14-18(23-29-17)22-20(27)25-11-5-10-24(12-13-25)19(26)15-6-8-16(28-4)9-7-15/h14-16H,5-13H2,1-4H3,(H,22,23,27). The summed E-state index contributed by atoms with van der Waals surface area (Å²) in [5, 5.41) is 6.77. The molecule has 0 radical (unpaired) electrons. The molecule has 1 saturated heterocycles. The van der Waals surface area contributed by atoms with Gasteiger partial charge in [0.25, 0.3) is 0 Å². The van der Waals surface area contributed by atoms with E-state index in [4.69, 9.17) is 9.26 Å². The molecule has 2 heterocycles. The maximum atomic E-state index is 12.9. The SMILES string of the molecule is COC1CCC(C(=O)N2CCCN(C(=O)Nc3cc(C(C)(C)C)on3)CC2)CC1. The Kier molecular flexibility index (Phi) is 6.82. The number of ether oxygens (including phenoxy) is 1. The van der Waals surface area contributed by atoms with E-state index >= 15 is 0 Å². The molecule has 1 aliphatic heterocycles. The normalized spacial score (nSPS) is 23.6. The van der Waals surface area contributed by atoms with Gasteiger partial charge >= 0.3 is 6.03 Å². The molecule has 162 valence electrons. The second kappa shape index (κ2) is 9.15. The fraction of sp³-hybridized carbons (Fsp3) is 0.762. The summed E-state index contributed by atoms with van der Waals surface area (Å²) in [4.78, 5) is 29.2. The van der Waals surface area contributed by atoms with Crippen molar-refractivity contribution in [3.8, 4) is 0 Å². The summed E-state index contributed by atoms with van der Waals surface area (Å²) < 4.78 is 10.7. The van der Waals surface area contributed by atoms with Crippen LogP contribution in [-0.2, 0) is 14.9 Å². The predicted molar refractivity (Wildman–Crippen MR) is 110 cm³/mol. The molecule has 2 fully saturated rings. The van der Waals surface area contributed by atoms with Crippen molar-refractivity contribution in [3.05, 3.63) is 11.8 Å². The van der Waals surface area contributed by atoms with Gasteiger partial charge in [0.15, 0.2) is 5.82 Å². The van der Waals surface area contributed by atoms with Crippen LogP contribution in [0.5, 0.6) is 0 Å². The van der Waals surface area contributed by atoms with Crippen molar-refractivity contribution in [3.63, 3.8) is 0 Å². The van der Waals surface area contributed by atoms with E-state index in [0.717, 1.165) is 37.9 Å². The summed E-state index contributed by atoms with van der Waals surface area (Å²) in [6.45, 7) is 8.50. The van der Waals surface area contributed by atoms with E-state index in [0.29, 0.717) is 32.0 Å². The molecule has 1 aliphatic carbocycles. The number of methoxy groups -OCH3 is 1. The molecule has 29 heavy (non-hydrogen) atoms. The minimum Gasteiger partial charge on any atom is -0.381 e. The first-order valence-electron chi connectivity index (χ1n) is 10.6. The van der Waals surface area contributed by atoms with Crippen LogP contribution in [0.2, 0.25) is 0 Å². The van der Waals surface area contributed by atoms with Crippen LogP contribution >= 0.6 is 0 Å². The number of anilines is 1. The van der Waals surface area contributed by atoms with Gasteiger partial charge in [0, 0.05) is 50.7 Å². The number of hydrogen-bond acceptors (Lipinski definition) is 5. The van der Waals surface area contributed by atoms with E-state index < -0.39 is 0 Å². The average molecular weight is 407 g/mol. The van der Waals surface area contributed by atoms with E-state index in [2.05, 4.69) is 10.5 Å². The van der Waals surface area contributed by atoms with Crippen LogP contribution in [0.1, 0.15) is 58.6 Å². The van der Waals surface area contributed by atoms with E-state index in [1.54, 1.807) is 18.1 Å². The van der Waals surface area contributed by atoms with Crippen LogP contribution in [-0.4, -0.2) is 66.3 Å². The molecule has 0 unspecified atom stereocenters. The lowest BCUT2D eigenvalue weighted by Gasteiger charge is -2.31. The van der Waals surface area contributed by atoms with Gasteiger partial charge in [-0.25, -0.2) is 4.79 Å². The molecule has 1 N–H and O–H groups in total. The number of aromatic nitrogens is 1. The zero-order valence-electron chi connectivity index (χ0n) is 18.1. The third-order valence-corrected chi connectivity index (χ3v) is 5.94. The third-order valence-electron chi connectivity index (χ3n) is 5.94. The van der Waals surface area contributed by atoms with Crippen LogP contribution in [0.3, 0.4) is 0 Å². The highest BCUT2D eigenvalue weighted by Crippen LogP contribution is 2.28. The van der Waals surface area contributed by atoms with Crippen molar-refractivity contribution in [2.24, 2.45) is 5.92 Å². The van der Waals surface area contributed by atoms with E-state index in [1.165, 1.54) is 0 Å². The average Bonchev–Trinajstić information content (AvgIpc) is 3.03. The molecule has 1 aromatic heterocycles. The monoisotopic (exact) mass is 406 g/mol. The van der Waals surface area contributed by atoms with Crippen LogP contribution in [0.4, 0.5) is 10.6 Å². The largest absolute Gasteiger partial charge is 0.381 e. The van der Waals surface area contributed by atoms with Gasteiger partial charge in [-0.05, 0) is 32.1 Å². The molecule has 3 amide bonds. The fourth-order valence-electron chi connectivity index (χ4n) is 4.02.